The van der Waals surface area contributed by atoms with Crippen molar-refractivity contribution in [3.05, 3.63) is 40.2 Å². The van der Waals surface area contributed by atoms with Gasteiger partial charge in [-0.3, -0.25) is 4.99 Å². The molecule has 0 aliphatic rings. The highest BCUT2D eigenvalue weighted by atomic mass is 32.1. The maximum absolute atomic E-state index is 9.57. The molecule has 116 valence electrons. The molecule has 0 saturated heterocycles. The molecule has 0 bridgehead atoms. The fourth-order valence-electron chi connectivity index (χ4n) is 1.03. The van der Waals surface area contributed by atoms with Gasteiger partial charge in [0, 0.05) is 23.9 Å². The van der Waals surface area contributed by atoms with Gasteiger partial charge in [0.1, 0.15) is 13.0 Å². The van der Waals surface area contributed by atoms with E-state index in [0.717, 1.165) is 6.29 Å². The molecule has 2 N–H and O–H groups in total. The van der Waals surface area contributed by atoms with E-state index in [4.69, 9.17) is 10.5 Å². The van der Waals surface area contributed by atoms with Crippen LogP contribution in [0.25, 0.3) is 6.08 Å². The van der Waals surface area contributed by atoms with Crippen LogP contribution < -0.4 is 5.73 Å². The maximum Gasteiger partial charge on any atom is 0.137 e. The normalized spacial score (nSPS) is 11.9. The average molecular weight is 309 g/mol. The third-order valence-corrected chi connectivity index (χ3v) is 2.84. The van der Waals surface area contributed by atoms with Crippen molar-refractivity contribution in [3.8, 4) is 0 Å². The lowest BCUT2D eigenvalue weighted by molar-refractivity contribution is -0.108. The molecule has 0 aromatic carbocycles. The highest BCUT2D eigenvalue weighted by molar-refractivity contribution is 7.10. The number of rotatable bonds is 7. The second kappa shape index (κ2) is 13.2. The molecule has 0 saturated carbocycles. The standard InChI is InChI=1S/C11H14N2OS.C4H9NO/c1-14-9-13-7-6-10(12)4-5-11-3-2-8-15-11;1-5(2)3-4-6/h2-8H,9,12H2,1H3;4H,3H2,1-2H3/b5-4+,10-6-,13-7+;. The van der Waals surface area contributed by atoms with Gasteiger partial charge in [-0.1, -0.05) is 6.07 Å². The van der Waals surface area contributed by atoms with E-state index in [1.807, 2.05) is 48.7 Å². The fraction of sp³-hybridized carbons (Fsp3) is 0.333. The largest absolute Gasteiger partial charge is 0.399 e. The van der Waals surface area contributed by atoms with E-state index in [-0.39, 0.29) is 0 Å². The van der Waals surface area contributed by atoms with Crippen LogP contribution in [-0.4, -0.2) is 51.9 Å². The summed E-state index contributed by atoms with van der Waals surface area (Å²) in [5.41, 5.74) is 6.39. The number of nitrogens with two attached hydrogens (primary N) is 1. The molecule has 0 aliphatic carbocycles. The minimum absolute atomic E-state index is 0.360. The van der Waals surface area contributed by atoms with Gasteiger partial charge in [-0.15, -0.1) is 11.3 Å². The zero-order valence-corrected chi connectivity index (χ0v) is 13.5. The van der Waals surface area contributed by atoms with Crippen LogP contribution in [0.5, 0.6) is 0 Å². The molecule has 0 spiro atoms. The Morgan fingerprint density at radius 1 is 1.52 bits per heavy atom. The van der Waals surface area contributed by atoms with Crippen molar-refractivity contribution in [1.82, 2.24) is 4.90 Å². The van der Waals surface area contributed by atoms with Gasteiger partial charge < -0.3 is 20.2 Å². The van der Waals surface area contributed by atoms with E-state index in [1.54, 1.807) is 30.7 Å². The fourth-order valence-corrected chi connectivity index (χ4v) is 1.64. The lowest BCUT2D eigenvalue weighted by Gasteiger charge is -1.99. The predicted octanol–water partition coefficient (Wildman–Crippen LogP) is 2.03. The monoisotopic (exact) mass is 309 g/mol. The number of ether oxygens (including phenoxy) is 1. The first-order chi connectivity index (χ1) is 10.1. The molecule has 0 fully saturated rings. The average Bonchev–Trinajstić information content (AvgIpc) is 2.95. The third kappa shape index (κ3) is 13.0. The molecule has 6 heteroatoms. The Labute approximate surface area is 130 Å². The van der Waals surface area contributed by atoms with Crippen molar-refractivity contribution in [3.63, 3.8) is 0 Å². The Kier molecular flexibility index (Phi) is 12.1. The predicted molar refractivity (Wildman–Crippen MR) is 90.6 cm³/mol. The van der Waals surface area contributed by atoms with E-state index >= 15 is 0 Å². The molecule has 0 radical (unpaired) electrons. The number of thiophene rings is 1. The van der Waals surface area contributed by atoms with E-state index in [9.17, 15) is 4.79 Å². The molecule has 0 unspecified atom stereocenters. The van der Waals surface area contributed by atoms with Crippen LogP contribution in [0.2, 0.25) is 0 Å². The summed E-state index contributed by atoms with van der Waals surface area (Å²) in [5.74, 6) is 0. The topological polar surface area (TPSA) is 67.9 Å². The summed E-state index contributed by atoms with van der Waals surface area (Å²) in [7, 11) is 5.31. The van der Waals surface area contributed by atoms with Crippen molar-refractivity contribution in [2.75, 3.05) is 34.5 Å². The van der Waals surface area contributed by atoms with Gasteiger partial charge >= 0.3 is 0 Å². The van der Waals surface area contributed by atoms with Crippen LogP contribution in [0, 0.1) is 0 Å². The molecule has 1 heterocycles. The SMILES string of the molecule is CN(C)CC=O.COC/N=C/C=C(N)/C=C/c1cccs1. The Morgan fingerprint density at radius 3 is 2.76 bits per heavy atom. The van der Waals surface area contributed by atoms with Gasteiger partial charge in [-0.2, -0.15) is 0 Å². The molecule has 1 rings (SSSR count). The van der Waals surface area contributed by atoms with Crippen LogP contribution in [-0.2, 0) is 9.53 Å². The first-order valence-electron chi connectivity index (χ1n) is 6.34. The number of allylic oxidation sites excluding steroid dienone is 2. The molecule has 0 atom stereocenters. The number of nitrogens with zero attached hydrogens (tertiary/aromatic N) is 2. The van der Waals surface area contributed by atoms with Gasteiger partial charge in [0.25, 0.3) is 0 Å². The lowest BCUT2D eigenvalue weighted by Crippen LogP contribution is -2.13. The minimum atomic E-state index is 0.360. The first kappa shape index (κ1) is 19.2. The maximum atomic E-state index is 9.57. The summed E-state index contributed by atoms with van der Waals surface area (Å²) in [5, 5.41) is 2.03. The van der Waals surface area contributed by atoms with Gasteiger partial charge in [-0.05, 0) is 43.8 Å². The smallest absolute Gasteiger partial charge is 0.137 e. The lowest BCUT2D eigenvalue weighted by atomic mass is 10.3. The number of carbonyl (C=O) groups excluding carboxylic acids is 1. The number of carbonyl (C=O) groups is 1. The summed E-state index contributed by atoms with van der Waals surface area (Å²) < 4.78 is 4.76. The number of aldehydes is 1. The van der Waals surface area contributed by atoms with Crippen molar-refractivity contribution >= 4 is 29.9 Å². The molecule has 0 amide bonds. The first-order valence-corrected chi connectivity index (χ1v) is 7.22. The number of methoxy groups -OCH3 is 1. The highest BCUT2D eigenvalue weighted by Crippen LogP contribution is 2.10. The van der Waals surface area contributed by atoms with Crippen LogP contribution in [0.3, 0.4) is 0 Å². The minimum Gasteiger partial charge on any atom is -0.399 e. The number of likely N-dealkylation sites (N-methyl/N-ethyl adjacent to an activating group) is 1. The van der Waals surface area contributed by atoms with Gasteiger partial charge in [0.05, 0.1) is 6.54 Å². The number of hydrogen-bond acceptors (Lipinski definition) is 6. The van der Waals surface area contributed by atoms with E-state index in [0.29, 0.717) is 19.0 Å². The highest BCUT2D eigenvalue weighted by Gasteiger charge is 1.85. The zero-order chi connectivity index (χ0) is 15.9. The van der Waals surface area contributed by atoms with Crippen LogP contribution >= 0.6 is 11.3 Å². The molecule has 0 aliphatic heterocycles. The Balaban J connectivity index is 0.000000567. The van der Waals surface area contributed by atoms with E-state index in [1.165, 1.54) is 4.88 Å². The Morgan fingerprint density at radius 2 is 2.29 bits per heavy atom. The summed E-state index contributed by atoms with van der Waals surface area (Å²) in [6.07, 6.45) is 8.08. The van der Waals surface area contributed by atoms with Gasteiger partial charge in [0.2, 0.25) is 0 Å². The number of aliphatic imine (C=N–C) groups is 1. The molecule has 5 nitrogen and oxygen atoms in total. The second-order valence-electron chi connectivity index (χ2n) is 4.19. The molecule has 1 aromatic heterocycles. The Hall–Kier alpha value is -1.76. The molecule has 21 heavy (non-hydrogen) atoms. The van der Waals surface area contributed by atoms with E-state index in [2.05, 4.69) is 4.99 Å². The second-order valence-corrected chi connectivity index (χ2v) is 5.17. The third-order valence-electron chi connectivity index (χ3n) is 2.00. The van der Waals surface area contributed by atoms with Crippen molar-refractivity contribution in [2.24, 2.45) is 10.7 Å². The van der Waals surface area contributed by atoms with Crippen molar-refractivity contribution < 1.29 is 9.53 Å². The summed E-state index contributed by atoms with van der Waals surface area (Å²) in [6, 6.07) is 4.04. The summed E-state index contributed by atoms with van der Waals surface area (Å²) in [6.45, 7) is 0.887. The van der Waals surface area contributed by atoms with Crippen LogP contribution in [0.1, 0.15) is 4.88 Å². The summed E-state index contributed by atoms with van der Waals surface area (Å²) in [4.78, 5) is 16.5. The van der Waals surface area contributed by atoms with Gasteiger partial charge in [0.15, 0.2) is 0 Å². The summed E-state index contributed by atoms with van der Waals surface area (Å²) >= 11 is 1.67. The molecule has 1 aromatic rings. The molecular formula is C15H23N3O2S. The van der Waals surface area contributed by atoms with Crippen LogP contribution in [0.4, 0.5) is 0 Å². The van der Waals surface area contributed by atoms with E-state index < -0.39 is 0 Å². The van der Waals surface area contributed by atoms with Crippen molar-refractivity contribution in [1.29, 1.82) is 0 Å². The quantitative estimate of drug-likeness (QED) is 0.475. The van der Waals surface area contributed by atoms with Crippen LogP contribution in [0.15, 0.2) is 40.4 Å². The van der Waals surface area contributed by atoms with Gasteiger partial charge in [-0.25, -0.2) is 0 Å². The zero-order valence-electron chi connectivity index (χ0n) is 12.7. The van der Waals surface area contributed by atoms with Crippen molar-refractivity contribution in [2.45, 2.75) is 0 Å². The Bertz CT molecular complexity index is 451. The number of hydrogen-bond donors (Lipinski definition) is 1. The molecular weight excluding hydrogens is 286 g/mol.